The molecule has 0 radical (unpaired) electrons. The van der Waals surface area contributed by atoms with E-state index in [2.05, 4.69) is 15.3 Å². The highest BCUT2D eigenvalue weighted by molar-refractivity contribution is 5.90. The molecule has 8 heteroatoms. The number of hydrogen-bond donors (Lipinski definition) is 1. The van der Waals surface area contributed by atoms with E-state index in [0.29, 0.717) is 17.2 Å². The molecule has 0 spiro atoms. The molecule has 1 aromatic carbocycles. The predicted octanol–water partition coefficient (Wildman–Crippen LogP) is 1.38. The summed E-state index contributed by atoms with van der Waals surface area (Å²) in [6, 6.07) is 5.40. The van der Waals surface area contributed by atoms with Crippen LogP contribution in [-0.2, 0) is 16.1 Å². The first-order valence-electron chi connectivity index (χ1n) is 7.69. The number of fused-ring (bicyclic) bond motifs is 1. The van der Waals surface area contributed by atoms with E-state index in [1.54, 1.807) is 19.1 Å². The number of benzene rings is 1. The number of hydrogen-bond acceptors (Lipinski definition) is 7. The van der Waals surface area contributed by atoms with Crippen molar-refractivity contribution in [1.29, 1.82) is 0 Å². The van der Waals surface area contributed by atoms with E-state index >= 15 is 0 Å². The number of carbonyl (C=O) groups excluding carboxylic acids is 2. The summed E-state index contributed by atoms with van der Waals surface area (Å²) in [6.45, 7) is 3.73. The molecule has 0 fully saturated rings. The van der Waals surface area contributed by atoms with Crippen LogP contribution in [0, 0.1) is 6.92 Å². The second-order valence-corrected chi connectivity index (χ2v) is 5.50. The van der Waals surface area contributed by atoms with Crippen molar-refractivity contribution in [3.8, 4) is 11.5 Å². The van der Waals surface area contributed by atoms with Crippen molar-refractivity contribution in [3.05, 3.63) is 47.5 Å². The first kappa shape index (κ1) is 16.7. The molecule has 1 atom stereocenters. The third-order valence-corrected chi connectivity index (χ3v) is 3.55. The van der Waals surface area contributed by atoms with Crippen LogP contribution < -0.4 is 14.8 Å². The number of amides is 1. The molecule has 1 amide bonds. The van der Waals surface area contributed by atoms with Gasteiger partial charge in [0.25, 0.3) is 5.91 Å². The molecular formula is C17H17N3O5. The van der Waals surface area contributed by atoms with E-state index in [1.807, 2.05) is 6.07 Å². The molecule has 2 aromatic rings. The quantitative estimate of drug-likeness (QED) is 0.819. The van der Waals surface area contributed by atoms with Crippen LogP contribution in [0.2, 0.25) is 0 Å². The van der Waals surface area contributed by atoms with Crippen LogP contribution in [0.5, 0.6) is 11.5 Å². The minimum Gasteiger partial charge on any atom is -0.454 e. The Morgan fingerprint density at radius 1 is 1.24 bits per heavy atom. The normalized spacial score (nSPS) is 13.2. The van der Waals surface area contributed by atoms with Crippen molar-refractivity contribution in [2.75, 3.05) is 6.79 Å². The SMILES string of the molecule is Cc1cnc(C(=O)O[C@H](C)C(=O)NCc2ccc3c(c2)OCO3)cn1. The van der Waals surface area contributed by atoms with Crippen molar-refractivity contribution >= 4 is 11.9 Å². The Morgan fingerprint density at radius 2 is 2.04 bits per heavy atom. The summed E-state index contributed by atoms with van der Waals surface area (Å²) in [5, 5.41) is 2.71. The van der Waals surface area contributed by atoms with Gasteiger partial charge < -0.3 is 19.5 Å². The molecule has 0 unspecified atom stereocenters. The number of nitrogens with zero attached hydrogens (tertiary/aromatic N) is 2. The topological polar surface area (TPSA) is 99.6 Å². The summed E-state index contributed by atoms with van der Waals surface area (Å²) >= 11 is 0. The van der Waals surface area contributed by atoms with Gasteiger partial charge in [0.05, 0.1) is 11.9 Å². The molecule has 0 saturated heterocycles. The van der Waals surface area contributed by atoms with E-state index in [-0.39, 0.29) is 19.0 Å². The fourth-order valence-electron chi connectivity index (χ4n) is 2.16. The zero-order valence-corrected chi connectivity index (χ0v) is 13.8. The molecule has 1 aliphatic rings. The maximum Gasteiger partial charge on any atom is 0.359 e. The lowest BCUT2D eigenvalue weighted by Gasteiger charge is -2.13. The van der Waals surface area contributed by atoms with Gasteiger partial charge in [-0.1, -0.05) is 6.07 Å². The maximum atomic E-state index is 12.1. The van der Waals surface area contributed by atoms with E-state index in [4.69, 9.17) is 14.2 Å². The third-order valence-electron chi connectivity index (χ3n) is 3.55. The summed E-state index contributed by atoms with van der Waals surface area (Å²) in [5.41, 5.74) is 1.59. The van der Waals surface area contributed by atoms with Gasteiger partial charge in [0.1, 0.15) is 0 Å². The number of carbonyl (C=O) groups is 2. The summed E-state index contributed by atoms with van der Waals surface area (Å²) < 4.78 is 15.6. The Kier molecular flexibility index (Phi) is 4.78. The Balaban J connectivity index is 1.52. The van der Waals surface area contributed by atoms with Gasteiger partial charge in [-0.15, -0.1) is 0 Å². The van der Waals surface area contributed by atoms with Gasteiger partial charge in [0, 0.05) is 12.7 Å². The van der Waals surface area contributed by atoms with Crippen molar-refractivity contribution in [2.45, 2.75) is 26.5 Å². The molecular weight excluding hydrogens is 326 g/mol. The lowest BCUT2D eigenvalue weighted by molar-refractivity contribution is -0.129. The summed E-state index contributed by atoms with van der Waals surface area (Å²) in [6.07, 6.45) is 1.82. The number of nitrogens with one attached hydrogen (secondary N) is 1. The van der Waals surface area contributed by atoms with Crippen LogP contribution >= 0.6 is 0 Å². The Labute approximate surface area is 144 Å². The third kappa shape index (κ3) is 4.03. The largest absolute Gasteiger partial charge is 0.454 e. The molecule has 2 heterocycles. The van der Waals surface area contributed by atoms with Crippen LogP contribution in [0.3, 0.4) is 0 Å². The smallest absolute Gasteiger partial charge is 0.359 e. The Bertz CT molecular complexity index is 791. The minimum absolute atomic E-state index is 0.0565. The molecule has 25 heavy (non-hydrogen) atoms. The van der Waals surface area contributed by atoms with Crippen molar-refractivity contribution in [2.24, 2.45) is 0 Å². The summed E-state index contributed by atoms with van der Waals surface area (Å²) in [7, 11) is 0. The van der Waals surface area contributed by atoms with Crippen LogP contribution in [-0.4, -0.2) is 34.7 Å². The average Bonchev–Trinajstić information content (AvgIpc) is 3.07. The van der Waals surface area contributed by atoms with Crippen molar-refractivity contribution < 1.29 is 23.8 Å². The molecule has 1 aromatic heterocycles. The second-order valence-electron chi connectivity index (χ2n) is 5.50. The minimum atomic E-state index is -0.954. The average molecular weight is 343 g/mol. The number of esters is 1. The number of aromatic nitrogens is 2. The van der Waals surface area contributed by atoms with Crippen LogP contribution in [0.4, 0.5) is 0 Å². The van der Waals surface area contributed by atoms with Gasteiger partial charge in [-0.05, 0) is 31.5 Å². The molecule has 0 aliphatic carbocycles. The van der Waals surface area contributed by atoms with Gasteiger partial charge in [0.2, 0.25) is 6.79 Å². The zero-order chi connectivity index (χ0) is 17.8. The molecule has 130 valence electrons. The highest BCUT2D eigenvalue weighted by Gasteiger charge is 2.20. The Hall–Kier alpha value is -3.16. The molecule has 8 nitrogen and oxygen atoms in total. The molecule has 0 bridgehead atoms. The summed E-state index contributed by atoms with van der Waals surface area (Å²) in [4.78, 5) is 31.9. The summed E-state index contributed by atoms with van der Waals surface area (Å²) in [5.74, 6) is 0.213. The van der Waals surface area contributed by atoms with E-state index < -0.39 is 18.0 Å². The molecule has 0 saturated carbocycles. The van der Waals surface area contributed by atoms with Gasteiger partial charge in [-0.25, -0.2) is 9.78 Å². The van der Waals surface area contributed by atoms with E-state index in [1.165, 1.54) is 19.3 Å². The van der Waals surface area contributed by atoms with Crippen LogP contribution in [0.1, 0.15) is 28.7 Å². The fraction of sp³-hybridized carbons (Fsp3) is 0.294. The zero-order valence-electron chi connectivity index (χ0n) is 13.8. The van der Waals surface area contributed by atoms with Crippen LogP contribution in [0.15, 0.2) is 30.6 Å². The number of aryl methyl sites for hydroxylation is 1. The standard InChI is InChI=1S/C17H17N3O5/c1-10-6-19-13(8-18-10)17(22)25-11(2)16(21)20-7-12-3-4-14-15(5-12)24-9-23-14/h3-6,8,11H,7,9H2,1-2H3,(H,20,21)/t11-/m1/s1. The van der Waals surface area contributed by atoms with Gasteiger partial charge >= 0.3 is 5.97 Å². The maximum absolute atomic E-state index is 12.1. The highest BCUT2D eigenvalue weighted by atomic mass is 16.7. The lowest BCUT2D eigenvalue weighted by atomic mass is 10.2. The predicted molar refractivity (Wildman–Crippen MR) is 86.1 cm³/mol. The van der Waals surface area contributed by atoms with Crippen molar-refractivity contribution in [3.63, 3.8) is 0 Å². The molecule has 1 N–H and O–H groups in total. The number of rotatable bonds is 5. The van der Waals surface area contributed by atoms with Gasteiger partial charge in [-0.3, -0.25) is 9.78 Å². The monoisotopic (exact) mass is 343 g/mol. The molecule has 1 aliphatic heterocycles. The van der Waals surface area contributed by atoms with Gasteiger partial charge in [0.15, 0.2) is 23.3 Å². The number of ether oxygens (including phenoxy) is 3. The first-order chi connectivity index (χ1) is 12.0. The van der Waals surface area contributed by atoms with Gasteiger partial charge in [-0.2, -0.15) is 0 Å². The van der Waals surface area contributed by atoms with Crippen LogP contribution in [0.25, 0.3) is 0 Å². The first-order valence-corrected chi connectivity index (χ1v) is 7.69. The Morgan fingerprint density at radius 3 is 2.80 bits per heavy atom. The van der Waals surface area contributed by atoms with E-state index in [0.717, 1.165) is 5.56 Å². The fourth-order valence-corrected chi connectivity index (χ4v) is 2.16. The van der Waals surface area contributed by atoms with E-state index in [9.17, 15) is 9.59 Å². The highest BCUT2D eigenvalue weighted by Crippen LogP contribution is 2.32. The lowest BCUT2D eigenvalue weighted by Crippen LogP contribution is -2.35. The second kappa shape index (κ2) is 7.16. The van der Waals surface area contributed by atoms with Crippen molar-refractivity contribution in [1.82, 2.24) is 15.3 Å². The molecule has 3 rings (SSSR count).